The zero-order valence-corrected chi connectivity index (χ0v) is 10.6. The van der Waals surface area contributed by atoms with Crippen LogP contribution in [0, 0.1) is 35.0 Å². The lowest BCUT2D eigenvalue weighted by molar-refractivity contribution is 0.0745. The Labute approximate surface area is 94.8 Å². The summed E-state index contributed by atoms with van der Waals surface area (Å²) in [6.07, 6.45) is 9.22. The minimum Gasteiger partial charge on any atom is -0.0620 e. The molecule has 0 saturated heterocycles. The van der Waals surface area contributed by atoms with Gasteiger partial charge >= 0.3 is 0 Å². The average molecular weight is 206 g/mol. The summed E-state index contributed by atoms with van der Waals surface area (Å²) in [5, 5.41) is 0. The summed E-state index contributed by atoms with van der Waals surface area (Å²) in [6, 6.07) is 0. The highest BCUT2D eigenvalue weighted by atomic mass is 14.6. The molecule has 0 nitrogen and oxygen atoms in total. The van der Waals surface area contributed by atoms with E-state index in [9.17, 15) is 0 Å². The Morgan fingerprint density at radius 1 is 0.933 bits per heavy atom. The van der Waals surface area contributed by atoms with Gasteiger partial charge < -0.3 is 0 Å². The highest BCUT2D eigenvalue weighted by Gasteiger charge is 2.54. The Morgan fingerprint density at radius 2 is 1.60 bits per heavy atom. The first-order valence-electron chi connectivity index (χ1n) is 7.12. The largest absolute Gasteiger partial charge is 0.0620 e. The van der Waals surface area contributed by atoms with E-state index in [4.69, 9.17) is 0 Å². The van der Waals surface area contributed by atoms with Crippen molar-refractivity contribution in [1.29, 1.82) is 0 Å². The summed E-state index contributed by atoms with van der Waals surface area (Å²) in [5.74, 6) is 5.32. The van der Waals surface area contributed by atoms with Crippen molar-refractivity contribution in [3.05, 3.63) is 0 Å². The smallest absolute Gasteiger partial charge is 0.0295 e. The third-order valence-electron chi connectivity index (χ3n) is 6.54. The number of rotatable bonds is 1. The molecule has 3 fully saturated rings. The number of fused-ring (bicyclic) bond motifs is 2. The highest BCUT2D eigenvalue weighted by molar-refractivity contribution is 5.03. The van der Waals surface area contributed by atoms with Crippen molar-refractivity contribution in [1.82, 2.24) is 0 Å². The van der Waals surface area contributed by atoms with Gasteiger partial charge in [0.1, 0.15) is 0 Å². The van der Waals surface area contributed by atoms with Crippen LogP contribution < -0.4 is 0 Å². The molecule has 0 aromatic heterocycles. The summed E-state index contributed by atoms with van der Waals surface area (Å²) < 4.78 is 0. The second-order valence-electron chi connectivity index (χ2n) is 7.08. The van der Waals surface area contributed by atoms with E-state index in [1.807, 2.05) is 0 Å². The van der Waals surface area contributed by atoms with E-state index in [-0.39, 0.29) is 0 Å². The molecular formula is C15H26. The maximum absolute atomic E-state index is 2.60. The van der Waals surface area contributed by atoms with Gasteiger partial charge in [-0.15, -0.1) is 0 Å². The second-order valence-corrected chi connectivity index (χ2v) is 7.08. The van der Waals surface area contributed by atoms with E-state index < -0.39 is 0 Å². The van der Waals surface area contributed by atoms with Crippen molar-refractivity contribution in [2.24, 2.45) is 35.0 Å². The van der Waals surface area contributed by atoms with Crippen LogP contribution >= 0.6 is 0 Å². The third kappa shape index (κ3) is 1.33. The van der Waals surface area contributed by atoms with Crippen molar-refractivity contribution < 1.29 is 0 Å². The summed E-state index contributed by atoms with van der Waals surface area (Å²) in [6.45, 7) is 7.63. The predicted molar refractivity (Wildman–Crippen MR) is 64.6 cm³/mol. The van der Waals surface area contributed by atoms with Gasteiger partial charge in [-0.3, -0.25) is 0 Å². The van der Waals surface area contributed by atoms with E-state index in [0.717, 1.165) is 35.0 Å². The van der Waals surface area contributed by atoms with Gasteiger partial charge in [-0.25, -0.2) is 0 Å². The molecule has 0 aromatic rings. The molecule has 0 aliphatic heterocycles. The van der Waals surface area contributed by atoms with E-state index in [1.165, 1.54) is 25.7 Å². The Morgan fingerprint density at radius 3 is 2.13 bits per heavy atom. The van der Waals surface area contributed by atoms with Crippen LogP contribution in [0.4, 0.5) is 0 Å². The van der Waals surface area contributed by atoms with Crippen LogP contribution in [-0.2, 0) is 0 Å². The molecule has 0 N–H and O–H groups in total. The van der Waals surface area contributed by atoms with Gasteiger partial charge in [0, 0.05) is 0 Å². The van der Waals surface area contributed by atoms with Gasteiger partial charge in [-0.1, -0.05) is 33.6 Å². The molecule has 3 aliphatic carbocycles. The first-order chi connectivity index (χ1) is 7.12. The Hall–Kier alpha value is 0. The SMILES string of the molecule is CC1C2CC(C1C)C(C1(C)CCCC1)C2. The maximum Gasteiger partial charge on any atom is -0.0295 e. The van der Waals surface area contributed by atoms with Gasteiger partial charge in [0.05, 0.1) is 0 Å². The first kappa shape index (κ1) is 10.2. The van der Waals surface area contributed by atoms with Gasteiger partial charge in [0.25, 0.3) is 0 Å². The lowest BCUT2D eigenvalue weighted by Crippen LogP contribution is -2.34. The summed E-state index contributed by atoms with van der Waals surface area (Å²) in [4.78, 5) is 0. The Kier molecular flexibility index (Phi) is 2.20. The fourth-order valence-electron chi connectivity index (χ4n) is 5.30. The quantitative estimate of drug-likeness (QED) is 0.593. The molecule has 0 spiro atoms. The van der Waals surface area contributed by atoms with E-state index in [1.54, 1.807) is 12.8 Å². The zero-order valence-electron chi connectivity index (χ0n) is 10.6. The predicted octanol–water partition coefficient (Wildman–Crippen LogP) is 4.49. The number of hydrogen-bond donors (Lipinski definition) is 0. The van der Waals surface area contributed by atoms with Gasteiger partial charge in [-0.2, -0.15) is 0 Å². The molecule has 5 atom stereocenters. The molecule has 15 heavy (non-hydrogen) atoms. The van der Waals surface area contributed by atoms with Crippen LogP contribution in [0.1, 0.15) is 59.3 Å². The van der Waals surface area contributed by atoms with Crippen LogP contribution in [0.25, 0.3) is 0 Å². The lowest BCUT2D eigenvalue weighted by Gasteiger charge is -2.41. The molecule has 86 valence electrons. The van der Waals surface area contributed by atoms with E-state index in [2.05, 4.69) is 20.8 Å². The van der Waals surface area contributed by atoms with Gasteiger partial charge in [0.2, 0.25) is 0 Å². The minimum atomic E-state index is 0.744. The van der Waals surface area contributed by atoms with Gasteiger partial charge in [-0.05, 0) is 60.7 Å². The van der Waals surface area contributed by atoms with Crippen LogP contribution in [0.5, 0.6) is 0 Å². The van der Waals surface area contributed by atoms with Crippen LogP contribution in [-0.4, -0.2) is 0 Å². The van der Waals surface area contributed by atoms with Crippen molar-refractivity contribution in [2.45, 2.75) is 59.3 Å². The topological polar surface area (TPSA) is 0 Å². The first-order valence-corrected chi connectivity index (χ1v) is 7.12. The Bertz CT molecular complexity index is 247. The van der Waals surface area contributed by atoms with Crippen molar-refractivity contribution in [3.63, 3.8) is 0 Å². The molecule has 5 unspecified atom stereocenters. The normalized spacial score (nSPS) is 52.6. The zero-order chi connectivity index (χ0) is 10.6. The molecule has 0 heteroatoms. The minimum absolute atomic E-state index is 0.744. The molecule has 2 bridgehead atoms. The third-order valence-corrected chi connectivity index (χ3v) is 6.54. The summed E-state index contributed by atoms with van der Waals surface area (Å²) in [7, 11) is 0. The fraction of sp³-hybridized carbons (Fsp3) is 1.00. The van der Waals surface area contributed by atoms with Crippen molar-refractivity contribution >= 4 is 0 Å². The van der Waals surface area contributed by atoms with E-state index in [0.29, 0.717) is 0 Å². The van der Waals surface area contributed by atoms with Crippen LogP contribution in [0.2, 0.25) is 0 Å². The average Bonchev–Trinajstić information content (AvgIpc) is 2.86. The highest BCUT2D eigenvalue weighted by Crippen LogP contribution is 2.62. The monoisotopic (exact) mass is 206 g/mol. The molecule has 0 radical (unpaired) electrons. The fourth-order valence-corrected chi connectivity index (χ4v) is 5.30. The van der Waals surface area contributed by atoms with Gasteiger partial charge in [0.15, 0.2) is 0 Å². The Balaban J connectivity index is 1.80. The van der Waals surface area contributed by atoms with Crippen LogP contribution in [0.3, 0.4) is 0 Å². The van der Waals surface area contributed by atoms with Crippen LogP contribution in [0.15, 0.2) is 0 Å². The second kappa shape index (κ2) is 3.25. The van der Waals surface area contributed by atoms with Crippen molar-refractivity contribution in [3.8, 4) is 0 Å². The maximum atomic E-state index is 2.60. The lowest BCUT2D eigenvalue weighted by atomic mass is 9.64. The summed E-state index contributed by atoms with van der Waals surface area (Å²) >= 11 is 0. The standard InChI is InChI=1S/C15H26/c1-10-11(2)13-8-12(10)9-14(13)15(3)6-4-5-7-15/h10-14H,4-9H2,1-3H3. The van der Waals surface area contributed by atoms with Crippen molar-refractivity contribution in [2.75, 3.05) is 0 Å². The molecule has 0 heterocycles. The molecule has 3 saturated carbocycles. The molecule has 0 amide bonds. The molecule has 3 rings (SSSR count). The molecule has 3 aliphatic rings. The molecular weight excluding hydrogens is 180 g/mol. The van der Waals surface area contributed by atoms with E-state index >= 15 is 0 Å². The number of hydrogen-bond acceptors (Lipinski definition) is 0. The summed E-state index contributed by atoms with van der Waals surface area (Å²) in [5.41, 5.74) is 0.744. The molecule has 0 aromatic carbocycles.